The zero-order chi connectivity index (χ0) is 11.6. The van der Waals surface area contributed by atoms with Crippen molar-refractivity contribution >= 4 is 0 Å². The van der Waals surface area contributed by atoms with E-state index >= 15 is 0 Å². The summed E-state index contributed by atoms with van der Waals surface area (Å²) in [6.07, 6.45) is 5.23. The molecule has 1 saturated carbocycles. The van der Waals surface area contributed by atoms with Crippen LogP contribution in [0.1, 0.15) is 46.5 Å². The van der Waals surface area contributed by atoms with Gasteiger partial charge in [0.2, 0.25) is 0 Å². The fourth-order valence-corrected chi connectivity index (χ4v) is 3.12. The van der Waals surface area contributed by atoms with Gasteiger partial charge in [0.05, 0.1) is 6.61 Å². The van der Waals surface area contributed by atoms with Crippen LogP contribution in [0.4, 0.5) is 0 Å². The van der Waals surface area contributed by atoms with Crippen LogP contribution in [0.15, 0.2) is 0 Å². The van der Waals surface area contributed by atoms with Crippen molar-refractivity contribution in [3.05, 3.63) is 0 Å². The summed E-state index contributed by atoms with van der Waals surface area (Å²) in [4.78, 5) is 0. The molecule has 1 aliphatic carbocycles. The van der Waals surface area contributed by atoms with Gasteiger partial charge in [0.1, 0.15) is 0 Å². The summed E-state index contributed by atoms with van der Waals surface area (Å²) in [7, 11) is 0. The lowest BCUT2D eigenvalue weighted by Gasteiger charge is -2.32. The van der Waals surface area contributed by atoms with Gasteiger partial charge in [0.15, 0.2) is 0 Å². The molecule has 1 saturated heterocycles. The van der Waals surface area contributed by atoms with Gasteiger partial charge in [-0.25, -0.2) is 0 Å². The molecule has 3 atom stereocenters. The Bertz CT molecular complexity index is 221. The lowest BCUT2D eigenvalue weighted by molar-refractivity contribution is 0.0337. The van der Waals surface area contributed by atoms with Crippen molar-refractivity contribution in [3.8, 4) is 0 Å². The van der Waals surface area contributed by atoms with Crippen molar-refractivity contribution < 1.29 is 4.74 Å². The minimum atomic E-state index is 0.572. The number of hydrogen-bond acceptors (Lipinski definition) is 2. The van der Waals surface area contributed by atoms with Crippen LogP contribution in [-0.2, 0) is 4.74 Å². The highest BCUT2D eigenvalue weighted by Crippen LogP contribution is 2.55. The smallest absolute Gasteiger partial charge is 0.0509 e. The predicted octanol–water partition coefficient (Wildman–Crippen LogP) is 2.83. The van der Waals surface area contributed by atoms with Crippen molar-refractivity contribution in [2.45, 2.75) is 52.5 Å². The third-order valence-electron chi connectivity index (χ3n) is 4.36. The van der Waals surface area contributed by atoms with Crippen molar-refractivity contribution in [1.82, 2.24) is 5.32 Å². The standard InChI is InChI=1S/C14H27NO/c1-4-7-15-13(12-9-14(12,2)3)11-6-5-8-16-10-11/h11-13,15H,4-10H2,1-3H3. The Balaban J connectivity index is 1.91. The second kappa shape index (κ2) is 5.05. The Morgan fingerprint density at radius 2 is 2.19 bits per heavy atom. The summed E-state index contributed by atoms with van der Waals surface area (Å²) >= 11 is 0. The molecule has 0 aromatic carbocycles. The Morgan fingerprint density at radius 1 is 1.44 bits per heavy atom. The number of hydrogen-bond donors (Lipinski definition) is 1. The van der Waals surface area contributed by atoms with Crippen LogP contribution >= 0.6 is 0 Å². The van der Waals surface area contributed by atoms with Crippen LogP contribution in [0.3, 0.4) is 0 Å². The minimum Gasteiger partial charge on any atom is -0.381 e. The third-order valence-corrected chi connectivity index (χ3v) is 4.36. The summed E-state index contributed by atoms with van der Waals surface area (Å²) in [6.45, 7) is 10.2. The molecule has 94 valence electrons. The van der Waals surface area contributed by atoms with Gasteiger partial charge in [-0.2, -0.15) is 0 Å². The van der Waals surface area contributed by atoms with Gasteiger partial charge >= 0.3 is 0 Å². The zero-order valence-electron chi connectivity index (χ0n) is 11.1. The van der Waals surface area contributed by atoms with Gasteiger partial charge in [-0.05, 0) is 49.5 Å². The molecule has 2 rings (SSSR count). The second-order valence-corrected chi connectivity index (χ2v) is 6.26. The van der Waals surface area contributed by atoms with E-state index in [4.69, 9.17) is 4.74 Å². The van der Waals surface area contributed by atoms with Crippen LogP contribution in [0, 0.1) is 17.3 Å². The van der Waals surface area contributed by atoms with E-state index in [1.807, 2.05) is 0 Å². The van der Waals surface area contributed by atoms with E-state index in [2.05, 4.69) is 26.1 Å². The first-order chi connectivity index (χ1) is 7.65. The summed E-state index contributed by atoms with van der Waals surface area (Å²) in [5.41, 5.74) is 0.572. The lowest BCUT2D eigenvalue weighted by Crippen LogP contribution is -2.43. The van der Waals surface area contributed by atoms with Crippen molar-refractivity contribution in [2.24, 2.45) is 17.3 Å². The number of rotatable bonds is 5. The second-order valence-electron chi connectivity index (χ2n) is 6.26. The molecule has 2 heteroatoms. The fraction of sp³-hybridized carbons (Fsp3) is 1.00. The molecule has 16 heavy (non-hydrogen) atoms. The molecule has 0 aromatic rings. The van der Waals surface area contributed by atoms with E-state index in [-0.39, 0.29) is 0 Å². The van der Waals surface area contributed by atoms with Crippen LogP contribution in [0.25, 0.3) is 0 Å². The molecule has 0 aromatic heterocycles. The Morgan fingerprint density at radius 3 is 2.69 bits per heavy atom. The Kier molecular flexibility index (Phi) is 3.91. The van der Waals surface area contributed by atoms with E-state index in [9.17, 15) is 0 Å². The molecular formula is C14H27NO. The van der Waals surface area contributed by atoms with Crippen LogP contribution in [0.5, 0.6) is 0 Å². The average Bonchev–Trinajstić information content (AvgIpc) is 2.90. The first-order valence-corrected chi connectivity index (χ1v) is 6.96. The highest BCUT2D eigenvalue weighted by molar-refractivity contribution is 5.04. The van der Waals surface area contributed by atoms with Crippen molar-refractivity contribution in [1.29, 1.82) is 0 Å². The zero-order valence-corrected chi connectivity index (χ0v) is 11.1. The molecule has 2 nitrogen and oxygen atoms in total. The van der Waals surface area contributed by atoms with Gasteiger partial charge in [0.25, 0.3) is 0 Å². The minimum absolute atomic E-state index is 0.572. The predicted molar refractivity (Wildman–Crippen MR) is 67.5 cm³/mol. The Hall–Kier alpha value is -0.0800. The molecule has 3 unspecified atom stereocenters. The molecule has 0 bridgehead atoms. The molecule has 2 fully saturated rings. The number of ether oxygens (including phenoxy) is 1. The van der Waals surface area contributed by atoms with E-state index in [1.165, 1.54) is 25.7 Å². The van der Waals surface area contributed by atoms with Crippen molar-refractivity contribution in [3.63, 3.8) is 0 Å². The summed E-state index contributed by atoms with van der Waals surface area (Å²) in [6, 6.07) is 0.704. The van der Waals surface area contributed by atoms with Gasteiger partial charge < -0.3 is 10.1 Å². The fourth-order valence-electron chi connectivity index (χ4n) is 3.12. The van der Waals surface area contributed by atoms with Gasteiger partial charge in [-0.1, -0.05) is 20.8 Å². The molecule has 1 heterocycles. The van der Waals surface area contributed by atoms with Gasteiger partial charge in [0, 0.05) is 12.6 Å². The normalized spacial score (nSPS) is 34.7. The summed E-state index contributed by atoms with van der Waals surface area (Å²) in [5, 5.41) is 3.78. The third kappa shape index (κ3) is 2.78. The lowest BCUT2D eigenvalue weighted by atomic mass is 9.88. The summed E-state index contributed by atoms with van der Waals surface area (Å²) in [5.74, 6) is 1.64. The highest BCUT2D eigenvalue weighted by atomic mass is 16.5. The maximum atomic E-state index is 5.65. The molecule has 0 spiro atoms. The first-order valence-electron chi connectivity index (χ1n) is 6.96. The topological polar surface area (TPSA) is 21.3 Å². The van der Waals surface area contributed by atoms with Crippen LogP contribution in [0.2, 0.25) is 0 Å². The quantitative estimate of drug-likeness (QED) is 0.777. The van der Waals surface area contributed by atoms with E-state index in [0.717, 1.165) is 31.6 Å². The van der Waals surface area contributed by atoms with Gasteiger partial charge in [-0.3, -0.25) is 0 Å². The average molecular weight is 225 g/mol. The monoisotopic (exact) mass is 225 g/mol. The largest absolute Gasteiger partial charge is 0.381 e. The van der Waals surface area contributed by atoms with Gasteiger partial charge in [-0.15, -0.1) is 0 Å². The molecule has 0 amide bonds. The molecule has 2 aliphatic rings. The van der Waals surface area contributed by atoms with Crippen LogP contribution < -0.4 is 5.32 Å². The van der Waals surface area contributed by atoms with Crippen LogP contribution in [-0.4, -0.2) is 25.8 Å². The van der Waals surface area contributed by atoms with E-state index in [1.54, 1.807) is 0 Å². The first kappa shape index (κ1) is 12.4. The SMILES string of the molecule is CCCNC(C1CCCOC1)C1CC1(C)C. The Labute approximate surface area is 100 Å². The maximum Gasteiger partial charge on any atom is 0.0509 e. The summed E-state index contributed by atoms with van der Waals surface area (Å²) < 4.78 is 5.65. The maximum absolute atomic E-state index is 5.65. The number of nitrogens with one attached hydrogen (secondary N) is 1. The molecule has 1 aliphatic heterocycles. The molecular weight excluding hydrogens is 198 g/mol. The van der Waals surface area contributed by atoms with E-state index < -0.39 is 0 Å². The van der Waals surface area contributed by atoms with E-state index in [0.29, 0.717) is 11.5 Å². The highest BCUT2D eigenvalue weighted by Gasteiger charge is 2.51. The molecule has 0 radical (unpaired) electrons. The molecule has 1 N–H and O–H groups in total. The van der Waals surface area contributed by atoms with Crippen molar-refractivity contribution in [2.75, 3.05) is 19.8 Å².